The first-order chi connectivity index (χ1) is 10.2. The van der Waals surface area contributed by atoms with Crippen LogP contribution in [0.1, 0.15) is 35.7 Å². The van der Waals surface area contributed by atoms with Crippen molar-refractivity contribution in [2.24, 2.45) is 0 Å². The van der Waals surface area contributed by atoms with Crippen LogP contribution in [0.4, 0.5) is 0 Å². The van der Waals surface area contributed by atoms with Gasteiger partial charge in [-0.2, -0.15) is 0 Å². The molecule has 0 saturated carbocycles. The molecule has 4 heteroatoms. The fraction of sp³-hybridized carbons (Fsp3) is 0.588. The van der Waals surface area contributed by atoms with Crippen LogP contribution in [0.5, 0.6) is 0 Å². The van der Waals surface area contributed by atoms with Crippen molar-refractivity contribution in [2.45, 2.75) is 32.4 Å². The Morgan fingerprint density at radius 1 is 1.19 bits per heavy atom. The van der Waals surface area contributed by atoms with Gasteiger partial charge in [0.2, 0.25) is 0 Å². The third-order valence-electron chi connectivity index (χ3n) is 4.33. The minimum atomic E-state index is 0.123. The lowest BCUT2D eigenvalue weighted by Crippen LogP contribution is -2.44. The van der Waals surface area contributed by atoms with Crippen LogP contribution in [0.3, 0.4) is 0 Å². The number of carbonyl (C=O) groups is 1. The molecule has 2 fully saturated rings. The highest BCUT2D eigenvalue weighted by Gasteiger charge is 2.22. The summed E-state index contributed by atoms with van der Waals surface area (Å²) in [4.78, 5) is 16.8. The Morgan fingerprint density at radius 3 is 2.57 bits per heavy atom. The molecule has 0 aliphatic carbocycles. The van der Waals surface area contributed by atoms with Crippen molar-refractivity contribution in [3.63, 3.8) is 0 Å². The van der Waals surface area contributed by atoms with Crippen molar-refractivity contribution < 1.29 is 9.53 Å². The van der Waals surface area contributed by atoms with Crippen molar-refractivity contribution in [1.29, 1.82) is 0 Å². The van der Waals surface area contributed by atoms with Gasteiger partial charge in [-0.1, -0.05) is 12.1 Å². The van der Waals surface area contributed by atoms with E-state index >= 15 is 0 Å². The molecule has 0 spiro atoms. The van der Waals surface area contributed by atoms with Gasteiger partial charge in [-0.05, 0) is 50.6 Å². The summed E-state index contributed by atoms with van der Waals surface area (Å²) in [6.07, 6.45) is 2.76. The van der Waals surface area contributed by atoms with E-state index in [0.717, 1.165) is 12.1 Å². The molecule has 114 valence electrons. The quantitative estimate of drug-likeness (QED) is 0.854. The van der Waals surface area contributed by atoms with Gasteiger partial charge in [0.15, 0.2) is 0 Å². The van der Waals surface area contributed by atoms with Crippen molar-refractivity contribution >= 4 is 5.91 Å². The molecule has 2 aliphatic heterocycles. The van der Waals surface area contributed by atoms with Gasteiger partial charge in [-0.15, -0.1) is 0 Å². The van der Waals surface area contributed by atoms with Gasteiger partial charge in [-0.25, -0.2) is 0 Å². The smallest absolute Gasteiger partial charge is 0.254 e. The first-order valence-corrected chi connectivity index (χ1v) is 7.94. The van der Waals surface area contributed by atoms with E-state index in [-0.39, 0.29) is 12.0 Å². The van der Waals surface area contributed by atoms with Crippen molar-refractivity contribution in [3.8, 4) is 0 Å². The van der Waals surface area contributed by atoms with E-state index in [1.165, 1.54) is 31.5 Å². The first kappa shape index (κ1) is 14.5. The maximum atomic E-state index is 12.5. The molecule has 0 radical (unpaired) electrons. The monoisotopic (exact) mass is 288 g/mol. The predicted octanol–water partition coefficient (Wildman–Crippen LogP) is 2.14. The lowest BCUT2D eigenvalue weighted by atomic mass is 10.1. The number of amides is 1. The molecule has 1 amide bonds. The zero-order valence-electron chi connectivity index (χ0n) is 12.8. The zero-order valence-corrected chi connectivity index (χ0v) is 12.8. The fourth-order valence-electron chi connectivity index (χ4n) is 3.14. The number of nitrogens with zero attached hydrogens (tertiary/aromatic N) is 2. The van der Waals surface area contributed by atoms with Crippen molar-refractivity contribution in [2.75, 3.05) is 32.8 Å². The van der Waals surface area contributed by atoms with Gasteiger partial charge >= 0.3 is 0 Å². The van der Waals surface area contributed by atoms with E-state index in [2.05, 4.69) is 17.0 Å². The number of likely N-dealkylation sites (tertiary alicyclic amines) is 1. The summed E-state index contributed by atoms with van der Waals surface area (Å²) in [5.74, 6) is 0.123. The van der Waals surface area contributed by atoms with Crippen LogP contribution in [-0.4, -0.2) is 54.6 Å². The summed E-state index contributed by atoms with van der Waals surface area (Å²) in [6, 6.07) is 8.12. The summed E-state index contributed by atoms with van der Waals surface area (Å²) >= 11 is 0. The molecule has 1 atom stereocenters. The van der Waals surface area contributed by atoms with Gasteiger partial charge < -0.3 is 9.64 Å². The van der Waals surface area contributed by atoms with Crippen LogP contribution in [-0.2, 0) is 11.3 Å². The fourth-order valence-corrected chi connectivity index (χ4v) is 3.14. The second-order valence-electron chi connectivity index (χ2n) is 6.11. The Hall–Kier alpha value is -1.39. The summed E-state index contributed by atoms with van der Waals surface area (Å²) in [7, 11) is 0. The van der Waals surface area contributed by atoms with E-state index < -0.39 is 0 Å². The molecule has 1 unspecified atom stereocenters. The highest BCUT2D eigenvalue weighted by Crippen LogP contribution is 2.15. The molecule has 0 aromatic heterocycles. The standard InChI is InChI=1S/C17H24N2O2/c1-14-12-19(10-11-21-14)17(20)16-6-4-15(5-7-16)13-18-8-2-3-9-18/h4-7,14H,2-3,8-13H2,1H3. The van der Waals surface area contributed by atoms with Gasteiger partial charge in [0.05, 0.1) is 12.7 Å². The maximum Gasteiger partial charge on any atom is 0.254 e. The lowest BCUT2D eigenvalue weighted by Gasteiger charge is -2.31. The average molecular weight is 288 g/mol. The maximum absolute atomic E-state index is 12.5. The minimum absolute atomic E-state index is 0.123. The van der Waals surface area contributed by atoms with Crippen LogP contribution in [0.2, 0.25) is 0 Å². The summed E-state index contributed by atoms with van der Waals surface area (Å²) in [5, 5.41) is 0. The van der Waals surface area contributed by atoms with Crippen LogP contribution >= 0.6 is 0 Å². The Balaban J connectivity index is 1.61. The highest BCUT2D eigenvalue weighted by molar-refractivity contribution is 5.94. The number of hydrogen-bond donors (Lipinski definition) is 0. The predicted molar refractivity (Wildman–Crippen MR) is 82.3 cm³/mol. The molecule has 4 nitrogen and oxygen atoms in total. The number of ether oxygens (including phenoxy) is 1. The molecule has 0 bridgehead atoms. The van der Waals surface area contributed by atoms with E-state index in [9.17, 15) is 4.79 Å². The molecular formula is C17H24N2O2. The Bertz CT molecular complexity index is 480. The van der Waals surface area contributed by atoms with Crippen LogP contribution in [0, 0.1) is 0 Å². The molecule has 2 heterocycles. The lowest BCUT2D eigenvalue weighted by molar-refractivity contribution is -0.0124. The highest BCUT2D eigenvalue weighted by atomic mass is 16.5. The molecular weight excluding hydrogens is 264 g/mol. The number of carbonyl (C=O) groups excluding carboxylic acids is 1. The molecule has 2 aliphatic rings. The van der Waals surface area contributed by atoms with Crippen LogP contribution in [0.25, 0.3) is 0 Å². The molecule has 1 aromatic rings. The topological polar surface area (TPSA) is 32.8 Å². The van der Waals surface area contributed by atoms with E-state index in [4.69, 9.17) is 4.74 Å². The number of rotatable bonds is 3. The van der Waals surface area contributed by atoms with Crippen LogP contribution in [0.15, 0.2) is 24.3 Å². The molecule has 21 heavy (non-hydrogen) atoms. The molecule has 0 N–H and O–H groups in total. The third-order valence-corrected chi connectivity index (χ3v) is 4.33. The van der Waals surface area contributed by atoms with Crippen molar-refractivity contribution in [1.82, 2.24) is 9.80 Å². The second-order valence-corrected chi connectivity index (χ2v) is 6.11. The van der Waals surface area contributed by atoms with E-state index in [1.54, 1.807) is 0 Å². The summed E-state index contributed by atoms with van der Waals surface area (Å²) in [5.41, 5.74) is 2.08. The van der Waals surface area contributed by atoms with E-state index in [0.29, 0.717) is 19.7 Å². The molecule has 1 aromatic carbocycles. The Labute approximate surface area is 126 Å². The largest absolute Gasteiger partial charge is 0.375 e. The van der Waals surface area contributed by atoms with Gasteiger partial charge in [0.25, 0.3) is 5.91 Å². The zero-order chi connectivity index (χ0) is 14.7. The number of morpholine rings is 1. The average Bonchev–Trinajstić information content (AvgIpc) is 3.00. The minimum Gasteiger partial charge on any atom is -0.375 e. The van der Waals surface area contributed by atoms with E-state index in [1.807, 2.05) is 24.0 Å². The summed E-state index contributed by atoms with van der Waals surface area (Å²) in [6.45, 7) is 7.44. The third kappa shape index (κ3) is 3.63. The SMILES string of the molecule is CC1CN(C(=O)c2ccc(CN3CCCC3)cc2)CCO1. The van der Waals surface area contributed by atoms with Gasteiger partial charge in [0, 0.05) is 25.2 Å². The van der Waals surface area contributed by atoms with Gasteiger partial charge in [-0.3, -0.25) is 9.69 Å². The number of benzene rings is 1. The Morgan fingerprint density at radius 2 is 1.90 bits per heavy atom. The molecule has 2 saturated heterocycles. The first-order valence-electron chi connectivity index (χ1n) is 7.94. The molecule has 3 rings (SSSR count). The normalized spacial score (nSPS) is 23.5. The van der Waals surface area contributed by atoms with Crippen LogP contribution < -0.4 is 0 Å². The van der Waals surface area contributed by atoms with Gasteiger partial charge in [0.1, 0.15) is 0 Å². The summed E-state index contributed by atoms with van der Waals surface area (Å²) < 4.78 is 5.49. The second kappa shape index (κ2) is 6.58. The number of hydrogen-bond acceptors (Lipinski definition) is 3. The van der Waals surface area contributed by atoms with Crippen molar-refractivity contribution in [3.05, 3.63) is 35.4 Å². The Kier molecular flexibility index (Phi) is 4.56.